The first kappa shape index (κ1) is 14.9. The highest BCUT2D eigenvalue weighted by Gasteiger charge is 2.36. The Bertz CT molecular complexity index is 578. The number of cyclic esters (lactones) is 1. The standard InChI is InChI=1S/C15H17BrO4/c1-8(7-16)4-5-11-13-9(2)12(19-3)6-10(17)14(13)15(18)20-11/h4,6,11,17H,5,7H2,1-3H3. The molecule has 1 aliphatic rings. The number of phenolic OH excluding ortho intramolecular Hbond substituents is 1. The zero-order valence-corrected chi connectivity index (χ0v) is 13.3. The van der Waals surface area contributed by atoms with Gasteiger partial charge < -0.3 is 14.6 Å². The number of ether oxygens (including phenoxy) is 2. The average Bonchev–Trinajstić information content (AvgIpc) is 2.77. The molecule has 1 N–H and O–H groups in total. The molecule has 1 aromatic rings. The highest BCUT2D eigenvalue weighted by Crippen LogP contribution is 2.43. The number of allylic oxidation sites excluding steroid dienone is 1. The van der Waals surface area contributed by atoms with E-state index in [0.717, 1.165) is 16.5 Å². The lowest BCUT2D eigenvalue weighted by Gasteiger charge is -2.14. The molecular weight excluding hydrogens is 324 g/mol. The molecule has 0 spiro atoms. The zero-order valence-electron chi connectivity index (χ0n) is 11.7. The van der Waals surface area contributed by atoms with Gasteiger partial charge in [-0.1, -0.05) is 27.6 Å². The van der Waals surface area contributed by atoms with Gasteiger partial charge in [0, 0.05) is 23.4 Å². The molecule has 1 heterocycles. The van der Waals surface area contributed by atoms with Crippen molar-refractivity contribution in [3.8, 4) is 11.5 Å². The normalized spacial score (nSPS) is 17.9. The monoisotopic (exact) mass is 340 g/mol. The summed E-state index contributed by atoms with van der Waals surface area (Å²) in [6.45, 7) is 3.87. The molecule has 0 bridgehead atoms. The number of hydrogen-bond donors (Lipinski definition) is 1. The first-order valence-electron chi connectivity index (χ1n) is 6.32. The summed E-state index contributed by atoms with van der Waals surface area (Å²) in [5.74, 6) is 0.0000319. The zero-order chi connectivity index (χ0) is 14.9. The second-order valence-electron chi connectivity index (χ2n) is 4.83. The van der Waals surface area contributed by atoms with Gasteiger partial charge in [0.1, 0.15) is 23.2 Å². The van der Waals surface area contributed by atoms with Gasteiger partial charge in [-0.2, -0.15) is 0 Å². The van der Waals surface area contributed by atoms with E-state index < -0.39 is 5.97 Å². The number of aromatic hydroxyl groups is 1. The molecule has 0 saturated carbocycles. The van der Waals surface area contributed by atoms with Crippen molar-refractivity contribution < 1.29 is 19.4 Å². The number of carbonyl (C=O) groups excluding carboxylic acids is 1. The maximum Gasteiger partial charge on any atom is 0.342 e. The minimum absolute atomic E-state index is 0.0869. The van der Waals surface area contributed by atoms with E-state index in [1.54, 1.807) is 0 Å². The van der Waals surface area contributed by atoms with Crippen LogP contribution in [0.4, 0.5) is 0 Å². The SMILES string of the molecule is COc1cc(O)c2c(c1C)C(CC=C(C)CBr)OC2=O. The van der Waals surface area contributed by atoms with Crippen LogP contribution in [-0.4, -0.2) is 23.5 Å². The molecule has 1 unspecified atom stereocenters. The number of benzene rings is 1. The Hall–Kier alpha value is -1.49. The van der Waals surface area contributed by atoms with Crippen LogP contribution < -0.4 is 4.74 Å². The smallest absolute Gasteiger partial charge is 0.342 e. The molecule has 108 valence electrons. The average molecular weight is 341 g/mol. The van der Waals surface area contributed by atoms with Gasteiger partial charge in [-0.15, -0.1) is 0 Å². The van der Waals surface area contributed by atoms with Gasteiger partial charge >= 0.3 is 5.97 Å². The Morgan fingerprint density at radius 3 is 2.90 bits per heavy atom. The summed E-state index contributed by atoms with van der Waals surface area (Å²) in [6.07, 6.45) is 2.24. The van der Waals surface area contributed by atoms with Crippen molar-refractivity contribution in [3.63, 3.8) is 0 Å². The van der Waals surface area contributed by atoms with E-state index in [-0.39, 0.29) is 17.4 Å². The number of alkyl halides is 1. The molecular formula is C15H17BrO4. The number of fused-ring (bicyclic) bond motifs is 1. The number of methoxy groups -OCH3 is 1. The Balaban J connectivity index is 2.45. The van der Waals surface area contributed by atoms with Crippen molar-refractivity contribution in [1.29, 1.82) is 0 Å². The topological polar surface area (TPSA) is 55.8 Å². The third-order valence-electron chi connectivity index (χ3n) is 3.45. The fraction of sp³-hybridized carbons (Fsp3) is 0.400. The predicted octanol–water partition coefficient (Wildman–Crippen LogP) is 3.65. The number of carbonyl (C=O) groups is 1. The number of esters is 1. The number of hydrogen-bond acceptors (Lipinski definition) is 4. The van der Waals surface area contributed by atoms with E-state index in [4.69, 9.17) is 9.47 Å². The van der Waals surface area contributed by atoms with Gasteiger partial charge in [0.2, 0.25) is 0 Å². The summed E-state index contributed by atoms with van der Waals surface area (Å²) in [4.78, 5) is 11.9. The summed E-state index contributed by atoms with van der Waals surface area (Å²) in [7, 11) is 1.54. The maximum absolute atomic E-state index is 11.9. The maximum atomic E-state index is 11.9. The summed E-state index contributed by atoms with van der Waals surface area (Å²) in [6, 6.07) is 1.46. The summed E-state index contributed by atoms with van der Waals surface area (Å²) in [5, 5.41) is 10.8. The Labute approximate surface area is 126 Å². The third kappa shape index (κ3) is 2.54. The van der Waals surface area contributed by atoms with Crippen LogP contribution in [0.15, 0.2) is 17.7 Å². The van der Waals surface area contributed by atoms with E-state index in [9.17, 15) is 9.90 Å². The molecule has 0 aliphatic carbocycles. The molecule has 1 atom stereocenters. The molecule has 0 amide bonds. The second-order valence-corrected chi connectivity index (χ2v) is 5.39. The van der Waals surface area contributed by atoms with E-state index in [2.05, 4.69) is 15.9 Å². The Morgan fingerprint density at radius 1 is 1.60 bits per heavy atom. The molecule has 2 rings (SSSR count). The lowest BCUT2D eigenvalue weighted by Crippen LogP contribution is -2.00. The second kappa shape index (κ2) is 5.87. The Morgan fingerprint density at radius 2 is 2.30 bits per heavy atom. The fourth-order valence-electron chi connectivity index (χ4n) is 2.37. The largest absolute Gasteiger partial charge is 0.507 e. The van der Waals surface area contributed by atoms with E-state index in [1.807, 2.05) is 19.9 Å². The lowest BCUT2D eigenvalue weighted by molar-refractivity contribution is 0.0389. The molecule has 4 nitrogen and oxygen atoms in total. The van der Waals surface area contributed by atoms with Crippen molar-refractivity contribution in [2.45, 2.75) is 26.4 Å². The molecule has 1 aliphatic heterocycles. The van der Waals surface area contributed by atoms with Crippen molar-refractivity contribution in [2.24, 2.45) is 0 Å². The van der Waals surface area contributed by atoms with Gasteiger partial charge in [0.25, 0.3) is 0 Å². The minimum atomic E-state index is -0.474. The highest BCUT2D eigenvalue weighted by atomic mass is 79.9. The van der Waals surface area contributed by atoms with Crippen LogP contribution >= 0.6 is 15.9 Å². The van der Waals surface area contributed by atoms with Gasteiger partial charge in [-0.25, -0.2) is 4.79 Å². The van der Waals surface area contributed by atoms with Crippen LogP contribution in [-0.2, 0) is 4.74 Å². The van der Waals surface area contributed by atoms with Crippen LogP contribution in [0.25, 0.3) is 0 Å². The number of halogens is 1. The van der Waals surface area contributed by atoms with Crippen LogP contribution in [0.5, 0.6) is 11.5 Å². The molecule has 0 aromatic heterocycles. The van der Waals surface area contributed by atoms with Crippen LogP contribution in [0, 0.1) is 6.92 Å². The first-order chi connectivity index (χ1) is 9.49. The quantitative estimate of drug-likeness (QED) is 0.516. The Kier molecular flexibility index (Phi) is 4.38. The van der Waals surface area contributed by atoms with Crippen molar-refractivity contribution in [1.82, 2.24) is 0 Å². The molecule has 5 heteroatoms. The van der Waals surface area contributed by atoms with E-state index in [0.29, 0.717) is 12.2 Å². The molecule has 1 aromatic carbocycles. The molecule has 0 fully saturated rings. The van der Waals surface area contributed by atoms with Gasteiger partial charge in [-0.3, -0.25) is 0 Å². The third-order valence-corrected chi connectivity index (χ3v) is 4.34. The van der Waals surface area contributed by atoms with Crippen LogP contribution in [0.2, 0.25) is 0 Å². The first-order valence-corrected chi connectivity index (χ1v) is 7.44. The molecule has 20 heavy (non-hydrogen) atoms. The van der Waals surface area contributed by atoms with Crippen molar-refractivity contribution in [3.05, 3.63) is 34.4 Å². The van der Waals surface area contributed by atoms with Gasteiger partial charge in [0.05, 0.1) is 7.11 Å². The summed E-state index contributed by atoms with van der Waals surface area (Å²) in [5.41, 5.74) is 2.99. The summed E-state index contributed by atoms with van der Waals surface area (Å²) >= 11 is 3.38. The number of rotatable bonds is 4. The number of phenols is 1. The minimum Gasteiger partial charge on any atom is -0.507 e. The van der Waals surface area contributed by atoms with Crippen LogP contribution in [0.3, 0.4) is 0 Å². The van der Waals surface area contributed by atoms with Crippen molar-refractivity contribution >= 4 is 21.9 Å². The summed E-state index contributed by atoms with van der Waals surface area (Å²) < 4.78 is 10.6. The predicted molar refractivity (Wildman–Crippen MR) is 79.7 cm³/mol. The van der Waals surface area contributed by atoms with Crippen molar-refractivity contribution in [2.75, 3.05) is 12.4 Å². The van der Waals surface area contributed by atoms with Crippen LogP contribution in [0.1, 0.15) is 40.9 Å². The van der Waals surface area contributed by atoms with E-state index >= 15 is 0 Å². The lowest BCUT2D eigenvalue weighted by atomic mass is 9.95. The highest BCUT2D eigenvalue weighted by molar-refractivity contribution is 9.09. The van der Waals surface area contributed by atoms with Gasteiger partial charge in [0.15, 0.2) is 0 Å². The van der Waals surface area contributed by atoms with E-state index in [1.165, 1.54) is 18.7 Å². The molecule has 0 saturated heterocycles. The van der Waals surface area contributed by atoms with Gasteiger partial charge in [-0.05, 0) is 19.4 Å². The molecule has 0 radical (unpaired) electrons. The fourth-order valence-corrected chi connectivity index (χ4v) is 2.60.